The van der Waals surface area contributed by atoms with Gasteiger partial charge in [0, 0.05) is 5.39 Å². The number of fused-ring (bicyclic) bond motifs is 1. The molecular formula is C14H14N4O3. The molecule has 0 saturated heterocycles. The van der Waals surface area contributed by atoms with Gasteiger partial charge in [0.05, 0.1) is 17.6 Å². The van der Waals surface area contributed by atoms with Crippen LogP contribution in [0.2, 0.25) is 0 Å². The number of aromatic nitrogens is 1. The summed E-state index contributed by atoms with van der Waals surface area (Å²) in [6, 6.07) is 10.5. The third-order valence-electron chi connectivity index (χ3n) is 3.20. The van der Waals surface area contributed by atoms with Crippen molar-refractivity contribution in [1.82, 2.24) is 10.3 Å². The lowest BCUT2D eigenvalue weighted by atomic mass is 9.89. The number of amides is 3. The molecule has 0 bridgehead atoms. The van der Waals surface area contributed by atoms with E-state index in [1.54, 1.807) is 18.2 Å². The van der Waals surface area contributed by atoms with Gasteiger partial charge in [0.25, 0.3) is 0 Å². The minimum atomic E-state index is -1.75. The van der Waals surface area contributed by atoms with Gasteiger partial charge in [-0.1, -0.05) is 24.3 Å². The van der Waals surface area contributed by atoms with Crippen LogP contribution in [0.3, 0.4) is 0 Å². The van der Waals surface area contributed by atoms with Crippen LogP contribution in [0.15, 0.2) is 36.4 Å². The molecule has 7 heteroatoms. The van der Waals surface area contributed by atoms with Gasteiger partial charge in [-0.3, -0.25) is 14.4 Å². The summed E-state index contributed by atoms with van der Waals surface area (Å²) in [4.78, 5) is 38.3. The van der Waals surface area contributed by atoms with Crippen molar-refractivity contribution < 1.29 is 14.4 Å². The van der Waals surface area contributed by atoms with Crippen LogP contribution in [0.1, 0.15) is 12.1 Å². The average Bonchev–Trinajstić information content (AvgIpc) is 2.45. The molecule has 1 heterocycles. The second-order valence-corrected chi connectivity index (χ2v) is 4.56. The van der Waals surface area contributed by atoms with Crippen LogP contribution >= 0.6 is 0 Å². The molecule has 2 rings (SSSR count). The van der Waals surface area contributed by atoms with Gasteiger partial charge in [-0.05, 0) is 12.1 Å². The highest BCUT2D eigenvalue weighted by atomic mass is 16.2. The molecule has 2 aromatic rings. The van der Waals surface area contributed by atoms with Gasteiger partial charge < -0.3 is 16.8 Å². The van der Waals surface area contributed by atoms with Gasteiger partial charge >= 0.3 is 0 Å². The molecule has 3 amide bonds. The molecule has 7 nitrogen and oxygen atoms in total. The Bertz CT molecular complexity index is 716. The number of nitrogens with one attached hydrogen (secondary N) is 1. The molecular weight excluding hydrogens is 272 g/mol. The van der Waals surface area contributed by atoms with Crippen LogP contribution in [0.25, 0.3) is 10.9 Å². The second kappa shape index (κ2) is 5.58. The number of nitrogens with zero attached hydrogens (tertiary/aromatic N) is 1. The number of carbonyl (C=O) groups is 3. The standard InChI is InChI=1S/C14H14N4O3/c15-12(20)7-14(13(16)21,17-8-19)11-6-5-9-3-1-2-4-10(9)18-11/h1-6,8H,7H2,(H2,15,20)(H2,16,21)(H,17,19)/t14-/m0/s1. The Hall–Kier alpha value is -2.96. The summed E-state index contributed by atoms with van der Waals surface area (Å²) in [5.41, 5.74) is 9.56. The number of nitrogens with two attached hydrogens (primary N) is 2. The first-order valence-corrected chi connectivity index (χ1v) is 6.15. The number of hydrogen-bond donors (Lipinski definition) is 3. The summed E-state index contributed by atoms with van der Waals surface area (Å²) in [6.45, 7) is 0. The highest BCUT2D eigenvalue weighted by Gasteiger charge is 2.41. The molecule has 0 aliphatic rings. The molecule has 0 saturated carbocycles. The number of rotatable bonds is 6. The quantitative estimate of drug-likeness (QED) is 0.620. The van der Waals surface area contributed by atoms with Crippen molar-refractivity contribution in [2.45, 2.75) is 12.0 Å². The van der Waals surface area contributed by atoms with Crippen LogP contribution < -0.4 is 16.8 Å². The fourth-order valence-electron chi connectivity index (χ4n) is 2.17. The van der Waals surface area contributed by atoms with Gasteiger partial charge in [-0.2, -0.15) is 0 Å². The number of primary amides is 2. The lowest BCUT2D eigenvalue weighted by Gasteiger charge is -2.28. The van der Waals surface area contributed by atoms with E-state index in [2.05, 4.69) is 10.3 Å². The van der Waals surface area contributed by atoms with E-state index in [-0.39, 0.29) is 5.69 Å². The Morgan fingerprint density at radius 2 is 1.90 bits per heavy atom. The highest BCUT2D eigenvalue weighted by Crippen LogP contribution is 2.25. The third-order valence-corrected chi connectivity index (χ3v) is 3.20. The largest absolute Gasteiger partial charge is 0.370 e. The van der Waals surface area contributed by atoms with Crippen LogP contribution in [-0.4, -0.2) is 23.2 Å². The van der Waals surface area contributed by atoms with Crippen molar-refractivity contribution in [3.8, 4) is 0 Å². The molecule has 0 unspecified atom stereocenters. The predicted molar refractivity (Wildman–Crippen MR) is 75.6 cm³/mol. The molecule has 108 valence electrons. The average molecular weight is 286 g/mol. The molecule has 0 spiro atoms. The van der Waals surface area contributed by atoms with E-state index in [0.29, 0.717) is 11.9 Å². The zero-order valence-corrected chi connectivity index (χ0v) is 11.1. The summed E-state index contributed by atoms with van der Waals surface area (Å²) < 4.78 is 0. The lowest BCUT2D eigenvalue weighted by molar-refractivity contribution is -0.132. The fraction of sp³-hybridized carbons (Fsp3) is 0.143. The van der Waals surface area contributed by atoms with E-state index in [1.807, 2.05) is 12.1 Å². The molecule has 1 aromatic carbocycles. The molecule has 1 aromatic heterocycles. The minimum Gasteiger partial charge on any atom is -0.370 e. The second-order valence-electron chi connectivity index (χ2n) is 4.56. The lowest BCUT2D eigenvalue weighted by Crippen LogP contribution is -2.54. The number of carbonyl (C=O) groups excluding carboxylic acids is 3. The molecule has 1 atom stereocenters. The summed E-state index contributed by atoms with van der Waals surface area (Å²) in [5.74, 6) is -1.69. The molecule has 5 N–H and O–H groups in total. The van der Waals surface area contributed by atoms with E-state index in [4.69, 9.17) is 11.5 Å². The molecule has 0 aliphatic carbocycles. The van der Waals surface area contributed by atoms with Gasteiger partial charge in [-0.15, -0.1) is 0 Å². The molecule has 0 fully saturated rings. The summed E-state index contributed by atoms with van der Waals surface area (Å²) in [7, 11) is 0. The van der Waals surface area contributed by atoms with E-state index in [1.165, 1.54) is 6.07 Å². The zero-order chi connectivity index (χ0) is 15.5. The monoisotopic (exact) mass is 286 g/mol. The van der Waals surface area contributed by atoms with Gasteiger partial charge in [0.15, 0.2) is 5.54 Å². The van der Waals surface area contributed by atoms with Crippen LogP contribution in [0, 0.1) is 0 Å². The van der Waals surface area contributed by atoms with Crippen molar-refractivity contribution >= 4 is 29.1 Å². The maximum absolute atomic E-state index is 11.8. The Morgan fingerprint density at radius 3 is 2.52 bits per heavy atom. The summed E-state index contributed by atoms with van der Waals surface area (Å²) in [5, 5.41) is 3.14. The van der Waals surface area contributed by atoms with Crippen LogP contribution in [0.5, 0.6) is 0 Å². The smallest absolute Gasteiger partial charge is 0.250 e. The highest BCUT2D eigenvalue weighted by molar-refractivity contribution is 5.93. The number of para-hydroxylation sites is 1. The predicted octanol–water partition coefficient (Wildman–Crippen LogP) is -0.463. The first-order chi connectivity index (χ1) is 9.99. The molecule has 0 radical (unpaired) electrons. The van der Waals surface area contributed by atoms with Gasteiger partial charge in [0.1, 0.15) is 0 Å². The van der Waals surface area contributed by atoms with Crippen LogP contribution in [-0.2, 0) is 19.9 Å². The summed E-state index contributed by atoms with van der Waals surface area (Å²) in [6.07, 6.45) is -0.170. The first-order valence-electron chi connectivity index (χ1n) is 6.15. The van der Waals surface area contributed by atoms with Gasteiger partial charge in [-0.25, -0.2) is 4.98 Å². The fourth-order valence-corrected chi connectivity index (χ4v) is 2.17. The van der Waals surface area contributed by atoms with E-state index < -0.39 is 23.8 Å². The number of hydrogen-bond acceptors (Lipinski definition) is 4. The maximum atomic E-state index is 11.8. The first kappa shape index (κ1) is 14.4. The SMILES string of the molecule is NC(=O)C[C@@](NC=O)(C(N)=O)c1ccc2ccccc2n1. The van der Waals surface area contributed by atoms with E-state index >= 15 is 0 Å². The van der Waals surface area contributed by atoms with Crippen LogP contribution in [0.4, 0.5) is 0 Å². The Balaban J connectivity index is 2.63. The normalized spacial score (nSPS) is 13.3. The Labute approximate surface area is 120 Å². The Morgan fingerprint density at radius 1 is 1.19 bits per heavy atom. The van der Waals surface area contributed by atoms with Crippen molar-refractivity contribution in [1.29, 1.82) is 0 Å². The van der Waals surface area contributed by atoms with Crippen molar-refractivity contribution in [2.24, 2.45) is 11.5 Å². The third kappa shape index (κ3) is 2.66. The maximum Gasteiger partial charge on any atom is 0.250 e. The van der Waals surface area contributed by atoms with Gasteiger partial charge in [0.2, 0.25) is 18.2 Å². The molecule has 21 heavy (non-hydrogen) atoms. The topological polar surface area (TPSA) is 128 Å². The van der Waals surface area contributed by atoms with E-state index in [9.17, 15) is 14.4 Å². The number of benzene rings is 1. The van der Waals surface area contributed by atoms with E-state index in [0.717, 1.165) is 5.39 Å². The summed E-state index contributed by atoms with van der Waals surface area (Å²) >= 11 is 0. The van der Waals surface area contributed by atoms with Crippen molar-refractivity contribution in [3.63, 3.8) is 0 Å². The minimum absolute atomic E-state index is 0.166. The Kier molecular flexibility index (Phi) is 3.84. The zero-order valence-electron chi connectivity index (χ0n) is 11.1. The van der Waals surface area contributed by atoms with Crippen molar-refractivity contribution in [3.05, 3.63) is 42.1 Å². The number of pyridine rings is 1. The molecule has 0 aliphatic heterocycles. The van der Waals surface area contributed by atoms with Crippen molar-refractivity contribution in [2.75, 3.05) is 0 Å².